The van der Waals surface area contributed by atoms with E-state index >= 15 is 0 Å². The standard InChI is InChI=1S/C14H9N3O4/c15-8-9-1-3-10(4-2-9)11-5-6-12(16-14(18)19)13(7-11)17(20)21/h1-7,16H,(H,18,19). The van der Waals surface area contributed by atoms with Gasteiger partial charge in [0.2, 0.25) is 0 Å². The summed E-state index contributed by atoms with van der Waals surface area (Å²) in [4.78, 5) is 21.0. The normalized spacial score (nSPS) is 9.67. The van der Waals surface area contributed by atoms with Gasteiger partial charge in [0.05, 0.1) is 16.6 Å². The van der Waals surface area contributed by atoms with Crippen LogP contribution in [0.15, 0.2) is 42.5 Å². The Morgan fingerprint density at radius 2 is 1.81 bits per heavy atom. The van der Waals surface area contributed by atoms with Crippen molar-refractivity contribution >= 4 is 17.5 Å². The maximum atomic E-state index is 11.0. The zero-order valence-electron chi connectivity index (χ0n) is 10.6. The van der Waals surface area contributed by atoms with Gasteiger partial charge in [-0.25, -0.2) is 4.79 Å². The van der Waals surface area contributed by atoms with Crippen LogP contribution < -0.4 is 5.32 Å². The lowest BCUT2D eigenvalue weighted by atomic mass is 10.0. The molecule has 0 radical (unpaired) electrons. The van der Waals surface area contributed by atoms with Crippen molar-refractivity contribution in [2.24, 2.45) is 0 Å². The van der Waals surface area contributed by atoms with E-state index in [1.807, 2.05) is 11.4 Å². The number of nitrogens with one attached hydrogen (secondary N) is 1. The van der Waals surface area contributed by atoms with Crippen LogP contribution in [-0.4, -0.2) is 16.1 Å². The lowest BCUT2D eigenvalue weighted by Gasteiger charge is -2.06. The molecular weight excluding hydrogens is 274 g/mol. The quantitative estimate of drug-likeness (QED) is 0.662. The van der Waals surface area contributed by atoms with Gasteiger partial charge in [0.15, 0.2) is 0 Å². The maximum Gasteiger partial charge on any atom is 0.409 e. The highest BCUT2D eigenvalue weighted by Crippen LogP contribution is 2.30. The first-order valence-corrected chi connectivity index (χ1v) is 5.80. The Hall–Kier alpha value is -3.40. The summed E-state index contributed by atoms with van der Waals surface area (Å²) in [6, 6.07) is 12.7. The molecule has 0 atom stereocenters. The predicted octanol–water partition coefficient (Wildman–Crippen LogP) is 3.22. The summed E-state index contributed by atoms with van der Waals surface area (Å²) in [7, 11) is 0. The minimum Gasteiger partial charge on any atom is -0.465 e. The van der Waals surface area contributed by atoms with Gasteiger partial charge in [-0.2, -0.15) is 5.26 Å². The molecule has 0 unspecified atom stereocenters. The first kappa shape index (κ1) is 14.0. The molecule has 2 aromatic carbocycles. The second kappa shape index (κ2) is 5.71. The Balaban J connectivity index is 2.46. The third-order valence-electron chi connectivity index (χ3n) is 2.78. The van der Waals surface area contributed by atoms with Gasteiger partial charge in [-0.1, -0.05) is 18.2 Å². The molecule has 2 rings (SSSR count). The minimum atomic E-state index is -1.37. The second-order valence-corrected chi connectivity index (χ2v) is 4.11. The van der Waals surface area contributed by atoms with Gasteiger partial charge in [-0.3, -0.25) is 15.4 Å². The van der Waals surface area contributed by atoms with E-state index in [-0.39, 0.29) is 11.4 Å². The molecule has 7 nitrogen and oxygen atoms in total. The maximum absolute atomic E-state index is 11.0. The Labute approximate surface area is 119 Å². The number of benzene rings is 2. The fourth-order valence-electron chi connectivity index (χ4n) is 1.82. The van der Waals surface area contributed by atoms with Crippen LogP contribution >= 0.6 is 0 Å². The Bertz CT molecular complexity index is 748. The minimum absolute atomic E-state index is 0.0927. The van der Waals surface area contributed by atoms with Crippen LogP contribution in [0.1, 0.15) is 5.56 Å². The number of nitriles is 1. The molecule has 0 heterocycles. The first-order chi connectivity index (χ1) is 10.0. The molecule has 2 aromatic rings. The summed E-state index contributed by atoms with van der Waals surface area (Å²) in [6.07, 6.45) is -1.37. The summed E-state index contributed by atoms with van der Waals surface area (Å²) < 4.78 is 0. The smallest absolute Gasteiger partial charge is 0.409 e. The largest absolute Gasteiger partial charge is 0.465 e. The molecule has 2 N–H and O–H groups in total. The van der Waals surface area contributed by atoms with Crippen molar-refractivity contribution < 1.29 is 14.8 Å². The Kier molecular flexibility index (Phi) is 3.81. The van der Waals surface area contributed by atoms with Crippen molar-refractivity contribution in [3.05, 3.63) is 58.1 Å². The van der Waals surface area contributed by atoms with Crippen LogP contribution in [0, 0.1) is 21.4 Å². The average Bonchev–Trinajstić information content (AvgIpc) is 2.47. The fraction of sp³-hybridized carbons (Fsp3) is 0. The van der Waals surface area contributed by atoms with E-state index < -0.39 is 11.0 Å². The van der Waals surface area contributed by atoms with Crippen molar-refractivity contribution in [2.45, 2.75) is 0 Å². The van der Waals surface area contributed by atoms with Gasteiger partial charge in [0.1, 0.15) is 5.69 Å². The molecule has 21 heavy (non-hydrogen) atoms. The molecule has 7 heteroatoms. The molecular formula is C14H9N3O4. The van der Waals surface area contributed by atoms with Gasteiger partial charge >= 0.3 is 6.09 Å². The summed E-state index contributed by atoms with van der Waals surface area (Å²) in [5.74, 6) is 0. The number of hydrogen-bond acceptors (Lipinski definition) is 4. The topological polar surface area (TPSA) is 116 Å². The number of carbonyl (C=O) groups is 1. The number of nitrogens with zero attached hydrogens (tertiary/aromatic N) is 2. The van der Waals surface area contributed by atoms with E-state index in [2.05, 4.69) is 0 Å². The molecule has 0 aliphatic heterocycles. The van der Waals surface area contributed by atoms with Gasteiger partial charge in [-0.05, 0) is 29.3 Å². The number of anilines is 1. The van der Waals surface area contributed by atoms with Crippen molar-refractivity contribution in [3.63, 3.8) is 0 Å². The van der Waals surface area contributed by atoms with Crippen LogP contribution in [0.3, 0.4) is 0 Å². The van der Waals surface area contributed by atoms with Crippen LogP contribution in [0.5, 0.6) is 0 Å². The fourth-order valence-corrected chi connectivity index (χ4v) is 1.82. The van der Waals surface area contributed by atoms with E-state index in [0.29, 0.717) is 16.7 Å². The zero-order chi connectivity index (χ0) is 15.4. The predicted molar refractivity (Wildman–Crippen MR) is 74.9 cm³/mol. The number of rotatable bonds is 3. The molecule has 0 aliphatic rings. The zero-order valence-corrected chi connectivity index (χ0v) is 10.6. The second-order valence-electron chi connectivity index (χ2n) is 4.11. The van der Waals surface area contributed by atoms with Crippen LogP contribution in [0.4, 0.5) is 16.2 Å². The van der Waals surface area contributed by atoms with Crippen LogP contribution in [0.25, 0.3) is 11.1 Å². The van der Waals surface area contributed by atoms with E-state index in [1.54, 1.807) is 30.3 Å². The highest BCUT2D eigenvalue weighted by molar-refractivity contribution is 5.87. The molecule has 104 valence electrons. The number of carboxylic acid groups (broad SMARTS) is 1. The van der Waals surface area contributed by atoms with Crippen molar-refractivity contribution in [2.75, 3.05) is 5.32 Å². The van der Waals surface area contributed by atoms with E-state index in [9.17, 15) is 14.9 Å². The van der Waals surface area contributed by atoms with Gasteiger partial charge < -0.3 is 5.11 Å². The third-order valence-corrected chi connectivity index (χ3v) is 2.78. The number of amides is 1. The van der Waals surface area contributed by atoms with Crippen molar-refractivity contribution in [3.8, 4) is 17.2 Å². The lowest BCUT2D eigenvalue weighted by molar-refractivity contribution is -0.383. The molecule has 0 aromatic heterocycles. The van der Waals surface area contributed by atoms with E-state index in [0.717, 1.165) is 0 Å². The van der Waals surface area contributed by atoms with Crippen LogP contribution in [0.2, 0.25) is 0 Å². The summed E-state index contributed by atoms with van der Waals surface area (Å²) in [5, 5.41) is 30.4. The highest BCUT2D eigenvalue weighted by atomic mass is 16.6. The molecule has 0 saturated heterocycles. The molecule has 0 aliphatic carbocycles. The van der Waals surface area contributed by atoms with E-state index in [4.69, 9.17) is 10.4 Å². The van der Waals surface area contributed by atoms with Crippen molar-refractivity contribution in [1.29, 1.82) is 5.26 Å². The average molecular weight is 283 g/mol. The molecule has 0 bridgehead atoms. The third kappa shape index (κ3) is 3.13. The van der Waals surface area contributed by atoms with Gasteiger partial charge in [0, 0.05) is 6.07 Å². The van der Waals surface area contributed by atoms with Gasteiger partial charge in [0.25, 0.3) is 5.69 Å². The molecule has 0 spiro atoms. The number of nitro benzene ring substituents is 1. The molecule has 0 saturated carbocycles. The molecule has 1 amide bonds. The monoisotopic (exact) mass is 283 g/mol. The summed E-state index contributed by atoms with van der Waals surface area (Å²) in [6.45, 7) is 0. The van der Waals surface area contributed by atoms with Crippen molar-refractivity contribution in [1.82, 2.24) is 0 Å². The Morgan fingerprint density at radius 1 is 1.19 bits per heavy atom. The highest BCUT2D eigenvalue weighted by Gasteiger charge is 2.16. The summed E-state index contributed by atoms with van der Waals surface area (Å²) in [5.41, 5.74) is 1.31. The molecule has 0 fully saturated rings. The summed E-state index contributed by atoms with van der Waals surface area (Å²) >= 11 is 0. The van der Waals surface area contributed by atoms with Gasteiger partial charge in [-0.15, -0.1) is 0 Å². The number of nitro groups is 1. The van der Waals surface area contributed by atoms with E-state index in [1.165, 1.54) is 12.1 Å². The first-order valence-electron chi connectivity index (χ1n) is 5.80. The van der Waals surface area contributed by atoms with Crippen LogP contribution in [-0.2, 0) is 0 Å². The Morgan fingerprint density at radius 3 is 2.33 bits per heavy atom. The SMILES string of the molecule is N#Cc1ccc(-c2ccc(NC(=O)O)c([N+](=O)[O-])c2)cc1. The number of hydrogen-bond donors (Lipinski definition) is 2. The lowest BCUT2D eigenvalue weighted by Crippen LogP contribution is -2.09.